The molecule has 3 atom stereocenters. The molecule has 1 fully saturated rings. The Labute approximate surface area is 136 Å². The summed E-state index contributed by atoms with van der Waals surface area (Å²) in [7, 11) is 0. The predicted octanol–water partition coefficient (Wildman–Crippen LogP) is 4.33. The SMILES string of the molecule is CC1N(C(C)(C)C)C(C(C)(C)C)CC1(C)Cc1cccnn1. The summed E-state index contributed by atoms with van der Waals surface area (Å²) in [4.78, 5) is 2.74. The fourth-order valence-electron chi connectivity index (χ4n) is 4.15. The fourth-order valence-corrected chi connectivity index (χ4v) is 4.15. The smallest absolute Gasteiger partial charge is 0.0637 e. The van der Waals surface area contributed by atoms with Gasteiger partial charge < -0.3 is 0 Å². The highest BCUT2D eigenvalue weighted by molar-refractivity contribution is 5.12. The third kappa shape index (κ3) is 3.34. The lowest BCUT2D eigenvalue weighted by Gasteiger charge is -2.46. The monoisotopic (exact) mass is 303 g/mol. The zero-order valence-corrected chi connectivity index (χ0v) is 15.6. The molecule has 3 heteroatoms. The first-order valence-electron chi connectivity index (χ1n) is 8.50. The van der Waals surface area contributed by atoms with Gasteiger partial charge in [-0.15, -0.1) is 0 Å². The molecule has 0 spiro atoms. The zero-order valence-electron chi connectivity index (χ0n) is 15.6. The average molecular weight is 303 g/mol. The standard InChI is InChI=1S/C19H33N3/c1-14-19(8,12-15-10-9-11-20-21-15)13-16(17(2,3)4)22(14)18(5,6)7/h9-11,14,16H,12-13H2,1-8H3. The van der Waals surface area contributed by atoms with Crippen LogP contribution in [-0.2, 0) is 6.42 Å². The van der Waals surface area contributed by atoms with Crippen molar-refractivity contribution in [2.45, 2.75) is 85.9 Å². The van der Waals surface area contributed by atoms with Crippen LogP contribution in [0.2, 0.25) is 0 Å². The minimum absolute atomic E-state index is 0.178. The number of aromatic nitrogens is 2. The van der Waals surface area contributed by atoms with E-state index in [1.807, 2.05) is 6.07 Å². The van der Waals surface area contributed by atoms with E-state index in [4.69, 9.17) is 0 Å². The van der Waals surface area contributed by atoms with Crippen molar-refractivity contribution in [3.8, 4) is 0 Å². The van der Waals surface area contributed by atoms with Crippen molar-refractivity contribution in [1.82, 2.24) is 15.1 Å². The molecule has 1 aliphatic heterocycles. The van der Waals surface area contributed by atoms with E-state index in [0.717, 1.165) is 12.1 Å². The molecule has 2 rings (SSSR count). The van der Waals surface area contributed by atoms with Gasteiger partial charge in [0.05, 0.1) is 5.69 Å². The molecular formula is C19H33N3. The Morgan fingerprint density at radius 1 is 1.23 bits per heavy atom. The van der Waals surface area contributed by atoms with E-state index in [1.165, 1.54) is 6.42 Å². The van der Waals surface area contributed by atoms with Gasteiger partial charge in [-0.1, -0.05) is 27.7 Å². The Morgan fingerprint density at radius 3 is 2.27 bits per heavy atom. The van der Waals surface area contributed by atoms with Gasteiger partial charge in [0.15, 0.2) is 0 Å². The summed E-state index contributed by atoms with van der Waals surface area (Å²) in [5, 5.41) is 8.38. The molecule has 0 saturated carbocycles. The number of rotatable bonds is 2. The lowest BCUT2D eigenvalue weighted by atomic mass is 9.74. The molecule has 1 saturated heterocycles. The topological polar surface area (TPSA) is 29.0 Å². The van der Waals surface area contributed by atoms with E-state index in [1.54, 1.807) is 6.20 Å². The second kappa shape index (κ2) is 5.59. The van der Waals surface area contributed by atoms with Crippen LogP contribution < -0.4 is 0 Å². The van der Waals surface area contributed by atoms with Crippen LogP contribution in [0.4, 0.5) is 0 Å². The van der Waals surface area contributed by atoms with Gasteiger partial charge >= 0.3 is 0 Å². The lowest BCUT2D eigenvalue weighted by Crippen LogP contribution is -2.53. The van der Waals surface area contributed by atoms with E-state index in [2.05, 4.69) is 76.6 Å². The van der Waals surface area contributed by atoms with Crippen molar-refractivity contribution < 1.29 is 0 Å². The molecule has 124 valence electrons. The third-order valence-corrected chi connectivity index (χ3v) is 5.41. The van der Waals surface area contributed by atoms with Crippen LogP contribution in [0, 0.1) is 10.8 Å². The van der Waals surface area contributed by atoms with Crippen molar-refractivity contribution in [1.29, 1.82) is 0 Å². The summed E-state index contributed by atoms with van der Waals surface area (Å²) in [6, 6.07) is 5.22. The molecular weight excluding hydrogens is 270 g/mol. The maximum atomic E-state index is 4.33. The second-order valence-corrected chi connectivity index (χ2v) is 9.39. The molecule has 3 unspecified atom stereocenters. The first-order valence-corrected chi connectivity index (χ1v) is 8.50. The first-order chi connectivity index (χ1) is 9.95. The van der Waals surface area contributed by atoms with Crippen LogP contribution in [0.5, 0.6) is 0 Å². The molecule has 1 aromatic heterocycles. The van der Waals surface area contributed by atoms with Gasteiger partial charge in [-0.25, -0.2) is 0 Å². The van der Waals surface area contributed by atoms with Gasteiger partial charge in [-0.2, -0.15) is 10.2 Å². The molecule has 0 aromatic carbocycles. The summed E-state index contributed by atoms with van der Waals surface area (Å²) >= 11 is 0. The Morgan fingerprint density at radius 2 is 1.86 bits per heavy atom. The van der Waals surface area contributed by atoms with Crippen molar-refractivity contribution in [2.24, 2.45) is 10.8 Å². The highest BCUT2D eigenvalue weighted by atomic mass is 15.3. The van der Waals surface area contributed by atoms with Crippen molar-refractivity contribution in [3.05, 3.63) is 24.0 Å². The van der Waals surface area contributed by atoms with Crippen molar-refractivity contribution in [2.75, 3.05) is 0 Å². The first kappa shape index (κ1) is 17.4. The van der Waals surface area contributed by atoms with Gasteiger partial charge in [-0.3, -0.25) is 4.90 Å². The summed E-state index contributed by atoms with van der Waals surface area (Å²) in [6.07, 6.45) is 3.97. The zero-order chi connectivity index (χ0) is 16.8. The summed E-state index contributed by atoms with van der Waals surface area (Å²) in [6.45, 7) is 19.0. The highest BCUT2D eigenvalue weighted by Gasteiger charge is 2.53. The number of hydrogen-bond acceptors (Lipinski definition) is 3. The molecule has 1 aliphatic rings. The molecule has 22 heavy (non-hydrogen) atoms. The van der Waals surface area contributed by atoms with E-state index in [9.17, 15) is 0 Å². The van der Waals surface area contributed by atoms with Gasteiger partial charge in [-0.05, 0) is 63.5 Å². The number of likely N-dealkylation sites (tertiary alicyclic amines) is 1. The summed E-state index contributed by atoms with van der Waals surface area (Å²) < 4.78 is 0. The second-order valence-electron chi connectivity index (χ2n) is 9.39. The van der Waals surface area contributed by atoms with Crippen LogP contribution in [0.25, 0.3) is 0 Å². The lowest BCUT2D eigenvalue weighted by molar-refractivity contribution is 0.0215. The van der Waals surface area contributed by atoms with E-state index in [0.29, 0.717) is 12.1 Å². The van der Waals surface area contributed by atoms with Crippen LogP contribution in [0.3, 0.4) is 0 Å². The van der Waals surface area contributed by atoms with E-state index >= 15 is 0 Å². The maximum absolute atomic E-state index is 4.33. The Kier molecular flexibility index (Phi) is 4.42. The Bertz CT molecular complexity index is 498. The molecule has 0 aliphatic carbocycles. The normalized spacial score (nSPS) is 30.7. The Balaban J connectivity index is 2.34. The molecule has 1 aromatic rings. The van der Waals surface area contributed by atoms with E-state index < -0.39 is 0 Å². The Hall–Kier alpha value is -0.960. The molecule has 0 radical (unpaired) electrons. The maximum Gasteiger partial charge on any atom is 0.0637 e. The summed E-state index contributed by atoms with van der Waals surface area (Å²) in [5.74, 6) is 0. The molecule has 0 N–H and O–H groups in total. The quantitative estimate of drug-likeness (QED) is 0.814. The molecule has 2 heterocycles. The number of hydrogen-bond donors (Lipinski definition) is 0. The van der Waals surface area contributed by atoms with Crippen LogP contribution >= 0.6 is 0 Å². The van der Waals surface area contributed by atoms with Crippen molar-refractivity contribution >= 4 is 0 Å². The van der Waals surface area contributed by atoms with Crippen molar-refractivity contribution in [3.63, 3.8) is 0 Å². The fraction of sp³-hybridized carbons (Fsp3) is 0.789. The van der Waals surface area contributed by atoms with Crippen LogP contribution in [0.1, 0.15) is 67.5 Å². The molecule has 0 bridgehead atoms. The van der Waals surface area contributed by atoms with Crippen LogP contribution in [-0.4, -0.2) is 32.7 Å². The minimum atomic E-state index is 0.178. The van der Waals surface area contributed by atoms with Crippen LogP contribution in [0.15, 0.2) is 18.3 Å². The van der Waals surface area contributed by atoms with E-state index in [-0.39, 0.29) is 16.4 Å². The largest absolute Gasteiger partial charge is 0.292 e. The summed E-state index contributed by atoms with van der Waals surface area (Å²) in [5.41, 5.74) is 1.81. The highest BCUT2D eigenvalue weighted by Crippen LogP contribution is 2.50. The number of nitrogens with zero attached hydrogens (tertiary/aromatic N) is 3. The van der Waals surface area contributed by atoms with Gasteiger partial charge in [0.25, 0.3) is 0 Å². The predicted molar refractivity (Wildman–Crippen MR) is 92.8 cm³/mol. The average Bonchev–Trinajstić information content (AvgIpc) is 2.62. The molecule has 3 nitrogen and oxygen atoms in total. The minimum Gasteiger partial charge on any atom is -0.292 e. The van der Waals surface area contributed by atoms with Gasteiger partial charge in [0.2, 0.25) is 0 Å². The third-order valence-electron chi connectivity index (χ3n) is 5.41. The van der Waals surface area contributed by atoms with Gasteiger partial charge in [0, 0.05) is 23.8 Å². The van der Waals surface area contributed by atoms with Gasteiger partial charge in [0.1, 0.15) is 0 Å². The molecule has 0 amide bonds.